The van der Waals surface area contributed by atoms with Gasteiger partial charge < -0.3 is 10.1 Å². The molecular weight excluding hydrogens is 262 g/mol. The minimum atomic E-state index is -0.295. The van der Waals surface area contributed by atoms with E-state index in [1.807, 2.05) is 0 Å². The van der Waals surface area contributed by atoms with Gasteiger partial charge in [0, 0.05) is 7.05 Å². The molecule has 0 aliphatic carbocycles. The largest absolute Gasteiger partial charge is 0.449 e. The molecule has 21 heavy (non-hydrogen) atoms. The molecule has 0 saturated heterocycles. The molecule has 126 valence electrons. The Balaban J connectivity index is 3.80. The SMILES string of the molecule is CCCCCCCCC(CCCCCC)COC(=O)NC. The molecule has 0 aliphatic heterocycles. The normalized spacial score (nSPS) is 12.1. The summed E-state index contributed by atoms with van der Waals surface area (Å²) in [5.74, 6) is 0.547. The van der Waals surface area contributed by atoms with Crippen LogP contribution < -0.4 is 5.32 Å². The topological polar surface area (TPSA) is 38.3 Å². The van der Waals surface area contributed by atoms with Crippen LogP contribution in [0.25, 0.3) is 0 Å². The predicted octanol–water partition coefficient (Wildman–Crippen LogP) is 5.68. The fourth-order valence-corrected chi connectivity index (χ4v) is 2.65. The molecule has 1 atom stereocenters. The summed E-state index contributed by atoms with van der Waals surface area (Å²) in [5, 5.41) is 2.53. The number of hydrogen-bond donors (Lipinski definition) is 1. The Hall–Kier alpha value is -0.730. The maximum atomic E-state index is 11.2. The molecule has 0 aliphatic rings. The predicted molar refractivity (Wildman–Crippen MR) is 90.6 cm³/mol. The van der Waals surface area contributed by atoms with Gasteiger partial charge >= 0.3 is 6.09 Å². The van der Waals surface area contributed by atoms with E-state index < -0.39 is 0 Å². The van der Waals surface area contributed by atoms with Crippen LogP contribution in [-0.2, 0) is 4.74 Å². The Bertz CT molecular complexity index is 231. The Labute approximate surface area is 132 Å². The van der Waals surface area contributed by atoms with Crippen molar-refractivity contribution in [3.05, 3.63) is 0 Å². The third kappa shape index (κ3) is 14.0. The van der Waals surface area contributed by atoms with Gasteiger partial charge in [-0.05, 0) is 18.8 Å². The van der Waals surface area contributed by atoms with Crippen molar-refractivity contribution in [1.29, 1.82) is 0 Å². The highest BCUT2D eigenvalue weighted by molar-refractivity contribution is 5.66. The number of unbranched alkanes of at least 4 members (excludes halogenated alkanes) is 8. The first-order valence-corrected chi connectivity index (χ1v) is 9.09. The summed E-state index contributed by atoms with van der Waals surface area (Å²) in [4.78, 5) is 11.2. The van der Waals surface area contributed by atoms with Gasteiger partial charge in [-0.2, -0.15) is 0 Å². The van der Waals surface area contributed by atoms with E-state index in [-0.39, 0.29) is 6.09 Å². The lowest BCUT2D eigenvalue weighted by Crippen LogP contribution is -2.22. The lowest BCUT2D eigenvalue weighted by Gasteiger charge is -2.17. The van der Waals surface area contributed by atoms with Crippen molar-refractivity contribution in [3.8, 4) is 0 Å². The first-order valence-electron chi connectivity index (χ1n) is 9.09. The lowest BCUT2D eigenvalue weighted by atomic mass is 9.95. The highest BCUT2D eigenvalue weighted by atomic mass is 16.5. The highest BCUT2D eigenvalue weighted by Crippen LogP contribution is 2.19. The highest BCUT2D eigenvalue weighted by Gasteiger charge is 2.11. The van der Waals surface area contributed by atoms with Gasteiger partial charge in [0.15, 0.2) is 0 Å². The molecule has 0 spiro atoms. The Kier molecular flexibility index (Phi) is 15.1. The molecule has 0 aromatic rings. The number of carbonyl (C=O) groups is 1. The standard InChI is InChI=1S/C18H37NO2/c1-4-6-8-10-11-13-15-17(14-12-9-7-5-2)16-21-18(20)19-3/h17H,4-16H2,1-3H3,(H,19,20). The molecule has 3 nitrogen and oxygen atoms in total. The number of rotatable bonds is 14. The van der Waals surface area contributed by atoms with E-state index in [0.717, 1.165) is 0 Å². The maximum Gasteiger partial charge on any atom is 0.406 e. The van der Waals surface area contributed by atoms with Crippen LogP contribution in [0.3, 0.4) is 0 Å². The molecule has 0 bridgehead atoms. The number of ether oxygens (including phenoxy) is 1. The third-order valence-electron chi connectivity index (χ3n) is 4.09. The van der Waals surface area contributed by atoms with Gasteiger partial charge in [-0.3, -0.25) is 0 Å². The Morgan fingerprint density at radius 1 is 0.857 bits per heavy atom. The summed E-state index contributed by atoms with van der Waals surface area (Å²) < 4.78 is 5.26. The quantitative estimate of drug-likeness (QED) is 0.419. The van der Waals surface area contributed by atoms with Crippen molar-refractivity contribution in [2.75, 3.05) is 13.7 Å². The second-order valence-corrected chi connectivity index (χ2v) is 6.12. The molecule has 0 saturated carbocycles. The van der Waals surface area contributed by atoms with E-state index in [1.165, 1.54) is 77.0 Å². The van der Waals surface area contributed by atoms with Crippen molar-refractivity contribution in [1.82, 2.24) is 5.32 Å². The van der Waals surface area contributed by atoms with Crippen LogP contribution >= 0.6 is 0 Å². The first kappa shape index (κ1) is 20.3. The van der Waals surface area contributed by atoms with Crippen molar-refractivity contribution >= 4 is 6.09 Å². The summed E-state index contributed by atoms with van der Waals surface area (Å²) in [6.45, 7) is 5.08. The van der Waals surface area contributed by atoms with Crippen molar-refractivity contribution in [2.24, 2.45) is 5.92 Å². The van der Waals surface area contributed by atoms with Crippen LogP contribution in [0.15, 0.2) is 0 Å². The second kappa shape index (κ2) is 15.7. The van der Waals surface area contributed by atoms with Crippen molar-refractivity contribution in [2.45, 2.75) is 90.9 Å². The summed E-state index contributed by atoms with van der Waals surface area (Å²) in [6.07, 6.45) is 15.3. The van der Waals surface area contributed by atoms with Gasteiger partial charge in [-0.25, -0.2) is 4.79 Å². The molecule has 1 unspecified atom stereocenters. The van der Waals surface area contributed by atoms with E-state index in [9.17, 15) is 4.79 Å². The molecule has 1 amide bonds. The van der Waals surface area contributed by atoms with Gasteiger partial charge in [-0.15, -0.1) is 0 Å². The molecular formula is C18H37NO2. The van der Waals surface area contributed by atoms with E-state index in [1.54, 1.807) is 7.05 Å². The molecule has 0 heterocycles. The average Bonchev–Trinajstić information content (AvgIpc) is 2.51. The first-order chi connectivity index (χ1) is 10.2. The number of alkyl carbamates (subject to hydrolysis) is 1. The zero-order valence-corrected chi connectivity index (χ0v) is 14.6. The number of amides is 1. The van der Waals surface area contributed by atoms with Crippen LogP contribution in [0.5, 0.6) is 0 Å². The van der Waals surface area contributed by atoms with E-state index in [4.69, 9.17) is 4.74 Å². The van der Waals surface area contributed by atoms with Crippen molar-refractivity contribution < 1.29 is 9.53 Å². The number of carbonyl (C=O) groups excluding carboxylic acids is 1. The molecule has 0 aromatic heterocycles. The van der Waals surface area contributed by atoms with Crippen LogP contribution in [-0.4, -0.2) is 19.7 Å². The fourth-order valence-electron chi connectivity index (χ4n) is 2.65. The summed E-state index contributed by atoms with van der Waals surface area (Å²) in [6, 6.07) is 0. The Morgan fingerprint density at radius 3 is 1.86 bits per heavy atom. The van der Waals surface area contributed by atoms with E-state index >= 15 is 0 Å². The van der Waals surface area contributed by atoms with Crippen LogP contribution in [0.1, 0.15) is 90.9 Å². The van der Waals surface area contributed by atoms with Gasteiger partial charge in [-0.1, -0.05) is 78.1 Å². The molecule has 0 radical (unpaired) electrons. The van der Waals surface area contributed by atoms with Gasteiger partial charge in [0.1, 0.15) is 0 Å². The van der Waals surface area contributed by atoms with Gasteiger partial charge in [0.05, 0.1) is 6.61 Å². The molecule has 0 rings (SSSR count). The Morgan fingerprint density at radius 2 is 1.33 bits per heavy atom. The van der Waals surface area contributed by atoms with Crippen molar-refractivity contribution in [3.63, 3.8) is 0 Å². The minimum Gasteiger partial charge on any atom is -0.449 e. The molecule has 0 aromatic carbocycles. The fraction of sp³-hybridized carbons (Fsp3) is 0.944. The summed E-state index contributed by atoms with van der Waals surface area (Å²) in [7, 11) is 1.62. The average molecular weight is 299 g/mol. The van der Waals surface area contributed by atoms with E-state index in [2.05, 4.69) is 19.2 Å². The molecule has 0 fully saturated rings. The van der Waals surface area contributed by atoms with Crippen LogP contribution in [0.2, 0.25) is 0 Å². The minimum absolute atomic E-state index is 0.295. The zero-order chi connectivity index (χ0) is 15.8. The lowest BCUT2D eigenvalue weighted by molar-refractivity contribution is 0.122. The zero-order valence-electron chi connectivity index (χ0n) is 14.6. The smallest absolute Gasteiger partial charge is 0.406 e. The number of hydrogen-bond acceptors (Lipinski definition) is 2. The van der Waals surface area contributed by atoms with Crippen LogP contribution in [0, 0.1) is 5.92 Å². The van der Waals surface area contributed by atoms with Gasteiger partial charge in [0.25, 0.3) is 0 Å². The third-order valence-corrected chi connectivity index (χ3v) is 4.09. The summed E-state index contributed by atoms with van der Waals surface area (Å²) in [5.41, 5.74) is 0. The second-order valence-electron chi connectivity index (χ2n) is 6.12. The molecule has 1 N–H and O–H groups in total. The molecule has 3 heteroatoms. The van der Waals surface area contributed by atoms with Crippen LogP contribution in [0.4, 0.5) is 4.79 Å². The number of nitrogens with one attached hydrogen (secondary N) is 1. The summed E-state index contributed by atoms with van der Waals surface area (Å²) >= 11 is 0. The monoisotopic (exact) mass is 299 g/mol. The maximum absolute atomic E-state index is 11.2. The van der Waals surface area contributed by atoms with Gasteiger partial charge in [0.2, 0.25) is 0 Å². The van der Waals surface area contributed by atoms with E-state index in [0.29, 0.717) is 12.5 Å².